The molecule has 1 N–H and O–H groups in total. The third-order valence-electron chi connectivity index (χ3n) is 3.24. The van der Waals surface area contributed by atoms with Crippen LogP contribution in [0.5, 0.6) is 0 Å². The van der Waals surface area contributed by atoms with Gasteiger partial charge in [-0.2, -0.15) is 11.3 Å². The highest BCUT2D eigenvalue weighted by atomic mass is 35.5. The Balaban J connectivity index is 1.89. The molecule has 0 saturated heterocycles. The summed E-state index contributed by atoms with van der Waals surface area (Å²) in [7, 11) is 0. The van der Waals surface area contributed by atoms with Gasteiger partial charge in [0.15, 0.2) is 0 Å². The SMILES string of the molecule is CCC(NC(=O)CCc1ccsc1)c1ccc(Cl)cc1. The zero-order valence-electron chi connectivity index (χ0n) is 11.4. The van der Waals surface area contributed by atoms with Gasteiger partial charge < -0.3 is 5.32 Å². The van der Waals surface area contributed by atoms with Gasteiger partial charge in [-0.05, 0) is 52.9 Å². The average molecular weight is 308 g/mol. The van der Waals surface area contributed by atoms with Crippen LogP contribution in [0.4, 0.5) is 0 Å². The molecule has 20 heavy (non-hydrogen) atoms. The van der Waals surface area contributed by atoms with Crippen molar-refractivity contribution < 1.29 is 4.79 Å². The summed E-state index contributed by atoms with van der Waals surface area (Å²) in [6.45, 7) is 2.07. The third-order valence-corrected chi connectivity index (χ3v) is 4.22. The van der Waals surface area contributed by atoms with Gasteiger partial charge in [0, 0.05) is 11.4 Å². The average Bonchev–Trinajstić information content (AvgIpc) is 2.97. The molecule has 1 atom stereocenters. The van der Waals surface area contributed by atoms with Crippen LogP contribution in [0.2, 0.25) is 5.02 Å². The molecular formula is C16H18ClNOS. The minimum Gasteiger partial charge on any atom is -0.349 e. The maximum absolute atomic E-state index is 12.0. The third kappa shape index (κ3) is 4.36. The van der Waals surface area contributed by atoms with Crippen molar-refractivity contribution in [3.8, 4) is 0 Å². The number of aryl methyl sites for hydroxylation is 1. The van der Waals surface area contributed by atoms with Crippen LogP contribution < -0.4 is 5.32 Å². The Morgan fingerprint density at radius 2 is 2.05 bits per heavy atom. The first-order chi connectivity index (χ1) is 9.69. The molecule has 1 heterocycles. The van der Waals surface area contributed by atoms with Crippen molar-refractivity contribution in [1.29, 1.82) is 0 Å². The van der Waals surface area contributed by atoms with Gasteiger partial charge in [-0.1, -0.05) is 30.7 Å². The van der Waals surface area contributed by atoms with Gasteiger partial charge in [0.05, 0.1) is 6.04 Å². The molecule has 0 bridgehead atoms. The fourth-order valence-electron chi connectivity index (χ4n) is 2.08. The molecule has 1 aromatic carbocycles. The van der Waals surface area contributed by atoms with Crippen LogP contribution in [-0.2, 0) is 11.2 Å². The second-order valence-corrected chi connectivity index (χ2v) is 5.93. The van der Waals surface area contributed by atoms with Crippen LogP contribution in [0.1, 0.15) is 36.9 Å². The lowest BCUT2D eigenvalue weighted by molar-refractivity contribution is -0.121. The molecule has 2 aromatic rings. The van der Waals surface area contributed by atoms with Crippen LogP contribution >= 0.6 is 22.9 Å². The maximum Gasteiger partial charge on any atom is 0.220 e. The summed E-state index contributed by atoms with van der Waals surface area (Å²) >= 11 is 7.55. The highest BCUT2D eigenvalue weighted by molar-refractivity contribution is 7.07. The van der Waals surface area contributed by atoms with Crippen molar-refractivity contribution in [2.45, 2.75) is 32.2 Å². The van der Waals surface area contributed by atoms with E-state index >= 15 is 0 Å². The van der Waals surface area contributed by atoms with Crippen LogP contribution in [-0.4, -0.2) is 5.91 Å². The summed E-state index contributed by atoms with van der Waals surface area (Å²) in [5.74, 6) is 0.0954. The summed E-state index contributed by atoms with van der Waals surface area (Å²) < 4.78 is 0. The van der Waals surface area contributed by atoms with Crippen molar-refractivity contribution in [2.75, 3.05) is 0 Å². The standard InChI is InChI=1S/C16H18ClNOS/c1-2-15(13-4-6-14(17)7-5-13)18-16(19)8-3-12-9-10-20-11-12/h4-7,9-11,15H,2-3,8H2,1H3,(H,18,19). The van der Waals surface area contributed by atoms with Crippen LogP contribution in [0.3, 0.4) is 0 Å². The lowest BCUT2D eigenvalue weighted by atomic mass is 10.0. The molecule has 0 aliphatic rings. The van der Waals surface area contributed by atoms with Crippen LogP contribution in [0.25, 0.3) is 0 Å². The van der Waals surface area contributed by atoms with Crippen molar-refractivity contribution >= 4 is 28.8 Å². The number of hydrogen-bond donors (Lipinski definition) is 1. The first-order valence-corrected chi connectivity index (χ1v) is 8.07. The van der Waals surface area contributed by atoms with Gasteiger partial charge in [-0.3, -0.25) is 4.79 Å². The van der Waals surface area contributed by atoms with E-state index < -0.39 is 0 Å². The lowest BCUT2D eigenvalue weighted by Crippen LogP contribution is -2.28. The molecule has 2 nitrogen and oxygen atoms in total. The maximum atomic E-state index is 12.0. The van der Waals surface area contributed by atoms with Crippen molar-refractivity contribution in [1.82, 2.24) is 5.32 Å². The molecule has 0 radical (unpaired) electrons. The molecule has 1 unspecified atom stereocenters. The Morgan fingerprint density at radius 3 is 2.65 bits per heavy atom. The summed E-state index contributed by atoms with van der Waals surface area (Å²) in [4.78, 5) is 12.0. The number of carbonyl (C=O) groups is 1. The highest BCUT2D eigenvalue weighted by Gasteiger charge is 2.12. The first kappa shape index (κ1) is 15.1. The molecule has 0 saturated carbocycles. The Kier molecular flexibility index (Phi) is 5.62. The summed E-state index contributed by atoms with van der Waals surface area (Å²) in [6.07, 6.45) is 2.19. The second-order valence-electron chi connectivity index (χ2n) is 4.71. The smallest absolute Gasteiger partial charge is 0.220 e. The number of thiophene rings is 1. The monoisotopic (exact) mass is 307 g/mol. The molecule has 0 fully saturated rings. The predicted molar refractivity (Wildman–Crippen MR) is 85.3 cm³/mol. The zero-order valence-corrected chi connectivity index (χ0v) is 13.0. The Labute approximate surface area is 128 Å². The fraction of sp³-hybridized carbons (Fsp3) is 0.312. The molecule has 0 aliphatic heterocycles. The minimum atomic E-state index is 0.0576. The summed E-state index contributed by atoms with van der Waals surface area (Å²) in [5.41, 5.74) is 2.32. The fourth-order valence-corrected chi connectivity index (χ4v) is 2.90. The van der Waals surface area contributed by atoms with Crippen LogP contribution in [0.15, 0.2) is 41.1 Å². The number of amides is 1. The molecule has 1 amide bonds. The van der Waals surface area contributed by atoms with E-state index in [0.29, 0.717) is 11.4 Å². The van der Waals surface area contributed by atoms with Gasteiger partial charge in [-0.25, -0.2) is 0 Å². The Hall–Kier alpha value is -1.32. The minimum absolute atomic E-state index is 0.0576. The molecule has 106 valence electrons. The van der Waals surface area contributed by atoms with E-state index in [0.717, 1.165) is 18.4 Å². The van der Waals surface area contributed by atoms with Gasteiger partial charge in [0.2, 0.25) is 5.91 Å². The van der Waals surface area contributed by atoms with Crippen LogP contribution in [0, 0.1) is 0 Å². The summed E-state index contributed by atoms with van der Waals surface area (Å²) in [5, 5.41) is 7.93. The van der Waals surface area contributed by atoms with Gasteiger partial charge >= 0.3 is 0 Å². The quantitative estimate of drug-likeness (QED) is 0.830. The van der Waals surface area contributed by atoms with E-state index in [1.807, 2.05) is 29.6 Å². The van der Waals surface area contributed by atoms with E-state index in [9.17, 15) is 4.79 Å². The summed E-state index contributed by atoms with van der Waals surface area (Å²) in [6, 6.07) is 9.77. The molecule has 2 rings (SSSR count). The van der Waals surface area contributed by atoms with Crippen molar-refractivity contribution in [3.05, 3.63) is 57.2 Å². The highest BCUT2D eigenvalue weighted by Crippen LogP contribution is 2.19. The van der Waals surface area contributed by atoms with E-state index in [1.54, 1.807) is 11.3 Å². The van der Waals surface area contributed by atoms with Gasteiger partial charge in [0.25, 0.3) is 0 Å². The number of halogens is 1. The molecule has 4 heteroatoms. The van der Waals surface area contributed by atoms with E-state index in [1.165, 1.54) is 5.56 Å². The second kappa shape index (κ2) is 7.46. The Morgan fingerprint density at radius 1 is 1.30 bits per heavy atom. The zero-order chi connectivity index (χ0) is 14.4. The molecule has 1 aromatic heterocycles. The number of nitrogens with one attached hydrogen (secondary N) is 1. The first-order valence-electron chi connectivity index (χ1n) is 6.75. The molecule has 0 spiro atoms. The van der Waals surface area contributed by atoms with Gasteiger partial charge in [-0.15, -0.1) is 0 Å². The predicted octanol–water partition coefficient (Wildman–Crippen LogP) is 4.60. The normalized spacial score (nSPS) is 12.1. The number of rotatable bonds is 6. The lowest BCUT2D eigenvalue weighted by Gasteiger charge is -2.17. The molecular weight excluding hydrogens is 290 g/mol. The number of carbonyl (C=O) groups excluding carboxylic acids is 1. The largest absolute Gasteiger partial charge is 0.349 e. The van der Waals surface area contributed by atoms with E-state index in [-0.39, 0.29) is 11.9 Å². The van der Waals surface area contributed by atoms with Gasteiger partial charge in [0.1, 0.15) is 0 Å². The molecule has 0 aliphatic carbocycles. The van der Waals surface area contributed by atoms with E-state index in [4.69, 9.17) is 11.6 Å². The number of hydrogen-bond acceptors (Lipinski definition) is 2. The Bertz CT molecular complexity index is 536. The van der Waals surface area contributed by atoms with E-state index in [2.05, 4.69) is 23.7 Å². The topological polar surface area (TPSA) is 29.1 Å². The number of benzene rings is 1. The van der Waals surface area contributed by atoms with Crippen molar-refractivity contribution in [2.24, 2.45) is 0 Å². The van der Waals surface area contributed by atoms with Crippen molar-refractivity contribution in [3.63, 3.8) is 0 Å².